The minimum Gasteiger partial charge on any atom is -0.480 e. The first-order chi connectivity index (χ1) is 9.69. The number of carbonyl (C=O) groups is 2. The molecule has 0 bridgehead atoms. The number of benzene rings is 1. The molecule has 0 saturated heterocycles. The molecule has 0 fully saturated rings. The van der Waals surface area contributed by atoms with E-state index in [4.69, 9.17) is 0 Å². The highest BCUT2D eigenvalue weighted by Gasteiger charge is 2.43. The third-order valence-electron chi connectivity index (χ3n) is 4.06. The summed E-state index contributed by atoms with van der Waals surface area (Å²) in [6.45, 7) is 9.28. The predicted molar refractivity (Wildman–Crippen MR) is 82.8 cm³/mol. The molecule has 5 heteroatoms. The Morgan fingerprint density at radius 3 is 2.43 bits per heavy atom. The molecule has 5 nitrogen and oxygen atoms in total. The minimum absolute atomic E-state index is 0.215. The highest BCUT2D eigenvalue weighted by atomic mass is 16.4. The topological polar surface area (TPSA) is 69.6 Å². The van der Waals surface area contributed by atoms with Crippen molar-refractivity contribution in [2.45, 2.75) is 52.6 Å². The molecule has 0 saturated carbocycles. The second-order valence-electron chi connectivity index (χ2n) is 6.14. The van der Waals surface area contributed by atoms with E-state index >= 15 is 0 Å². The number of hydrogen-bond donors (Lipinski definition) is 2. The summed E-state index contributed by atoms with van der Waals surface area (Å²) >= 11 is 0. The standard InChI is InChI=1S/C16H22N2O3/c1-6-12(14(19)20)18-13-8-10(3)9(2)7-11(13)17-16(4,5)15(18)21/h7-8,12,17H,6H2,1-5H3,(H,19,20). The highest BCUT2D eigenvalue weighted by molar-refractivity contribution is 6.10. The molecule has 0 spiro atoms. The van der Waals surface area contributed by atoms with Gasteiger partial charge >= 0.3 is 5.97 Å². The van der Waals surface area contributed by atoms with Crippen molar-refractivity contribution in [1.29, 1.82) is 0 Å². The van der Waals surface area contributed by atoms with Gasteiger partial charge in [-0.25, -0.2) is 4.79 Å². The molecule has 21 heavy (non-hydrogen) atoms. The molecule has 1 aliphatic rings. The van der Waals surface area contributed by atoms with Crippen LogP contribution in [-0.2, 0) is 9.59 Å². The minimum atomic E-state index is -0.979. The Morgan fingerprint density at radius 2 is 1.90 bits per heavy atom. The van der Waals surface area contributed by atoms with E-state index in [1.807, 2.05) is 26.0 Å². The third-order valence-corrected chi connectivity index (χ3v) is 4.06. The van der Waals surface area contributed by atoms with E-state index in [2.05, 4.69) is 5.32 Å². The lowest BCUT2D eigenvalue weighted by Gasteiger charge is -2.42. The van der Waals surface area contributed by atoms with Gasteiger partial charge in [-0.3, -0.25) is 9.69 Å². The van der Waals surface area contributed by atoms with E-state index in [-0.39, 0.29) is 5.91 Å². The van der Waals surface area contributed by atoms with Gasteiger partial charge in [0.25, 0.3) is 5.91 Å². The van der Waals surface area contributed by atoms with E-state index in [9.17, 15) is 14.7 Å². The first kappa shape index (κ1) is 15.4. The van der Waals surface area contributed by atoms with Crippen LogP contribution in [0.3, 0.4) is 0 Å². The number of carboxylic acids is 1. The van der Waals surface area contributed by atoms with Crippen LogP contribution in [0.15, 0.2) is 12.1 Å². The van der Waals surface area contributed by atoms with Gasteiger partial charge in [-0.15, -0.1) is 0 Å². The Balaban J connectivity index is 2.66. The van der Waals surface area contributed by atoms with Crippen LogP contribution in [0, 0.1) is 13.8 Å². The van der Waals surface area contributed by atoms with Crippen molar-refractivity contribution in [2.75, 3.05) is 10.2 Å². The zero-order valence-corrected chi connectivity index (χ0v) is 13.2. The Labute approximate surface area is 125 Å². The number of nitrogens with zero attached hydrogens (tertiary/aromatic N) is 1. The Bertz CT molecular complexity index is 608. The molecule has 1 unspecified atom stereocenters. The highest BCUT2D eigenvalue weighted by Crippen LogP contribution is 2.38. The summed E-state index contributed by atoms with van der Waals surface area (Å²) in [4.78, 5) is 25.7. The van der Waals surface area contributed by atoms with E-state index in [1.54, 1.807) is 20.8 Å². The zero-order valence-electron chi connectivity index (χ0n) is 13.2. The van der Waals surface area contributed by atoms with Crippen molar-refractivity contribution in [3.05, 3.63) is 23.3 Å². The number of fused-ring (bicyclic) bond motifs is 1. The maximum Gasteiger partial charge on any atom is 0.326 e. The second-order valence-corrected chi connectivity index (χ2v) is 6.14. The maximum atomic E-state index is 12.7. The average Bonchev–Trinajstić information content (AvgIpc) is 2.37. The number of rotatable bonds is 3. The number of hydrogen-bond acceptors (Lipinski definition) is 3. The number of carboxylic acid groups (broad SMARTS) is 1. The summed E-state index contributed by atoms with van der Waals surface area (Å²) in [5, 5.41) is 12.7. The largest absolute Gasteiger partial charge is 0.480 e. The molecule has 0 radical (unpaired) electrons. The third kappa shape index (κ3) is 2.48. The van der Waals surface area contributed by atoms with Crippen molar-refractivity contribution in [2.24, 2.45) is 0 Å². The van der Waals surface area contributed by atoms with Gasteiger partial charge in [0.05, 0.1) is 11.4 Å². The molecule has 0 aliphatic carbocycles. The van der Waals surface area contributed by atoms with Gasteiger partial charge in [0, 0.05) is 0 Å². The van der Waals surface area contributed by atoms with Crippen molar-refractivity contribution in [1.82, 2.24) is 0 Å². The summed E-state index contributed by atoms with van der Waals surface area (Å²) in [7, 11) is 0. The monoisotopic (exact) mass is 290 g/mol. The normalized spacial score (nSPS) is 18.0. The van der Waals surface area contributed by atoms with E-state index in [1.165, 1.54) is 4.90 Å². The molecule has 1 heterocycles. The summed E-state index contributed by atoms with van der Waals surface area (Å²) < 4.78 is 0. The molecular formula is C16H22N2O3. The number of nitrogens with one attached hydrogen (secondary N) is 1. The number of anilines is 2. The summed E-state index contributed by atoms with van der Waals surface area (Å²) in [6.07, 6.45) is 0.365. The van der Waals surface area contributed by atoms with Crippen LogP contribution in [0.2, 0.25) is 0 Å². The zero-order chi connectivity index (χ0) is 15.9. The lowest BCUT2D eigenvalue weighted by atomic mass is 9.94. The molecular weight excluding hydrogens is 268 g/mol. The Kier molecular flexibility index (Phi) is 3.70. The van der Waals surface area contributed by atoms with Crippen LogP contribution in [0.4, 0.5) is 11.4 Å². The van der Waals surface area contributed by atoms with Crippen LogP contribution >= 0.6 is 0 Å². The molecule has 0 aromatic heterocycles. The first-order valence-corrected chi connectivity index (χ1v) is 7.15. The fraction of sp³-hybridized carbons (Fsp3) is 0.500. The Hall–Kier alpha value is -2.04. The van der Waals surface area contributed by atoms with Crippen molar-refractivity contribution >= 4 is 23.3 Å². The molecule has 1 amide bonds. The second kappa shape index (κ2) is 5.06. The lowest BCUT2D eigenvalue weighted by molar-refractivity contribution is -0.140. The van der Waals surface area contributed by atoms with E-state index in [0.29, 0.717) is 12.1 Å². The van der Waals surface area contributed by atoms with Crippen molar-refractivity contribution in [3.63, 3.8) is 0 Å². The SMILES string of the molecule is CCC(C(=O)O)N1C(=O)C(C)(C)Nc2cc(C)c(C)cc21. The van der Waals surface area contributed by atoms with Crippen molar-refractivity contribution in [3.8, 4) is 0 Å². The lowest BCUT2D eigenvalue weighted by Crippen LogP contribution is -2.58. The van der Waals surface area contributed by atoms with Gasteiger partial charge in [0.1, 0.15) is 11.6 Å². The molecule has 1 aromatic carbocycles. The molecule has 2 rings (SSSR count). The summed E-state index contributed by atoms with van der Waals surface area (Å²) in [5.41, 5.74) is 2.78. The van der Waals surface area contributed by atoms with Crippen LogP contribution in [0.25, 0.3) is 0 Å². The number of carbonyl (C=O) groups excluding carboxylic acids is 1. The van der Waals surface area contributed by atoms with Gasteiger partial charge in [0.15, 0.2) is 0 Å². The smallest absolute Gasteiger partial charge is 0.326 e. The van der Waals surface area contributed by atoms with E-state index in [0.717, 1.165) is 16.8 Å². The molecule has 2 N–H and O–H groups in total. The van der Waals surface area contributed by atoms with Gasteiger partial charge in [-0.05, 0) is 57.4 Å². The van der Waals surface area contributed by atoms with Crippen molar-refractivity contribution < 1.29 is 14.7 Å². The molecule has 1 atom stereocenters. The maximum absolute atomic E-state index is 12.7. The summed E-state index contributed by atoms with van der Waals surface area (Å²) in [6, 6.07) is 3.01. The quantitative estimate of drug-likeness (QED) is 0.898. The molecule has 114 valence electrons. The van der Waals surface area contributed by atoms with Crippen LogP contribution in [0.5, 0.6) is 0 Å². The van der Waals surface area contributed by atoms with Gasteiger partial charge in [-0.2, -0.15) is 0 Å². The van der Waals surface area contributed by atoms with Crippen LogP contribution in [0.1, 0.15) is 38.3 Å². The summed E-state index contributed by atoms with van der Waals surface area (Å²) in [5.74, 6) is -1.19. The van der Waals surface area contributed by atoms with Gasteiger partial charge < -0.3 is 10.4 Å². The van der Waals surface area contributed by atoms with Gasteiger partial charge in [-0.1, -0.05) is 6.92 Å². The van der Waals surface area contributed by atoms with E-state index < -0.39 is 17.6 Å². The van der Waals surface area contributed by atoms with Crippen LogP contribution < -0.4 is 10.2 Å². The van der Waals surface area contributed by atoms with Crippen LogP contribution in [-0.4, -0.2) is 28.6 Å². The molecule has 1 aromatic rings. The average molecular weight is 290 g/mol. The first-order valence-electron chi connectivity index (χ1n) is 7.15. The fourth-order valence-corrected chi connectivity index (χ4v) is 2.68. The molecule has 1 aliphatic heterocycles. The fourth-order valence-electron chi connectivity index (χ4n) is 2.68. The number of aryl methyl sites for hydroxylation is 2. The number of aliphatic carboxylic acids is 1. The Morgan fingerprint density at radius 1 is 1.33 bits per heavy atom. The predicted octanol–water partition coefficient (Wildman–Crippen LogP) is 2.70. The van der Waals surface area contributed by atoms with Gasteiger partial charge in [0.2, 0.25) is 0 Å². The number of amides is 1.